The molecule has 1 saturated heterocycles. The van der Waals surface area contributed by atoms with E-state index < -0.39 is 16.6 Å². The van der Waals surface area contributed by atoms with E-state index in [9.17, 15) is 19.7 Å². The number of amides is 1. The van der Waals surface area contributed by atoms with Gasteiger partial charge in [0.25, 0.3) is 0 Å². The van der Waals surface area contributed by atoms with Crippen LogP contribution in [0.1, 0.15) is 13.3 Å². The van der Waals surface area contributed by atoms with Crippen LogP contribution in [0.2, 0.25) is 0 Å². The van der Waals surface area contributed by atoms with Crippen LogP contribution in [-0.4, -0.2) is 39.1 Å². The third-order valence-corrected chi connectivity index (χ3v) is 3.16. The van der Waals surface area contributed by atoms with Gasteiger partial charge in [-0.25, -0.2) is 4.79 Å². The molecule has 1 heterocycles. The molecule has 7 nitrogen and oxygen atoms in total. The molecule has 0 atom stereocenters. The Kier molecular flexibility index (Phi) is 3.88. The molecule has 0 bridgehead atoms. The number of carbonyl (C=O) groups is 2. The lowest BCUT2D eigenvalue weighted by atomic mass is 10.3. The van der Waals surface area contributed by atoms with E-state index >= 15 is 0 Å². The molecule has 1 aliphatic heterocycles. The van der Waals surface area contributed by atoms with Crippen LogP contribution in [0.3, 0.4) is 0 Å². The summed E-state index contributed by atoms with van der Waals surface area (Å²) in [4.78, 5) is 32.8. The number of carboxylic acid groups (broad SMARTS) is 1. The lowest BCUT2D eigenvalue weighted by molar-refractivity contribution is -0.422. The van der Waals surface area contributed by atoms with E-state index in [-0.39, 0.29) is 10.9 Å². The van der Waals surface area contributed by atoms with E-state index in [1.54, 1.807) is 0 Å². The molecular weight excluding hydrogens is 236 g/mol. The van der Waals surface area contributed by atoms with Crippen LogP contribution in [0.15, 0.2) is 10.7 Å². The highest BCUT2D eigenvalue weighted by Gasteiger charge is 2.34. The van der Waals surface area contributed by atoms with Gasteiger partial charge in [-0.1, -0.05) is 0 Å². The normalized spacial score (nSPS) is 19.2. The van der Waals surface area contributed by atoms with Crippen molar-refractivity contribution in [1.82, 2.24) is 4.90 Å². The van der Waals surface area contributed by atoms with Crippen molar-refractivity contribution in [3.05, 3.63) is 20.8 Å². The number of nitro groups is 1. The predicted octanol–water partition coefficient (Wildman–Crippen LogP) is 0.502. The van der Waals surface area contributed by atoms with Crippen molar-refractivity contribution in [3.8, 4) is 0 Å². The second kappa shape index (κ2) is 4.97. The molecule has 1 rings (SSSR count). The van der Waals surface area contributed by atoms with Gasteiger partial charge in [0.05, 0.1) is 4.92 Å². The first-order valence-electron chi connectivity index (χ1n) is 4.48. The predicted molar refractivity (Wildman–Crippen MR) is 56.1 cm³/mol. The molecule has 0 unspecified atom stereocenters. The molecule has 0 spiro atoms. The zero-order valence-corrected chi connectivity index (χ0v) is 9.32. The Balaban J connectivity index is 3.21. The zero-order chi connectivity index (χ0) is 12.3. The minimum absolute atomic E-state index is 0.0729. The minimum Gasteiger partial charge on any atom is -0.473 e. The fourth-order valence-corrected chi connectivity index (χ4v) is 2.46. The summed E-state index contributed by atoms with van der Waals surface area (Å²) >= 11 is 1.03. The van der Waals surface area contributed by atoms with Crippen molar-refractivity contribution >= 4 is 23.6 Å². The highest BCUT2D eigenvalue weighted by atomic mass is 32.2. The molecule has 0 aliphatic carbocycles. The molecule has 0 saturated carbocycles. The molecule has 16 heavy (non-hydrogen) atoms. The second-order valence-electron chi connectivity index (χ2n) is 3.09. The quantitative estimate of drug-likeness (QED) is 0.432. The van der Waals surface area contributed by atoms with Crippen molar-refractivity contribution in [2.75, 3.05) is 12.3 Å². The third kappa shape index (κ3) is 2.51. The van der Waals surface area contributed by atoms with Crippen LogP contribution in [0.5, 0.6) is 0 Å². The van der Waals surface area contributed by atoms with Crippen molar-refractivity contribution in [3.63, 3.8) is 0 Å². The summed E-state index contributed by atoms with van der Waals surface area (Å²) in [5, 5.41) is 19.3. The summed E-state index contributed by atoms with van der Waals surface area (Å²) in [6, 6.07) is 0. The SMILES string of the molecule is CC(=O)N1CCCS/C1=C(\C(=O)O)[N+](=O)[O-]. The molecule has 1 fully saturated rings. The van der Waals surface area contributed by atoms with Gasteiger partial charge in [-0.05, 0) is 6.42 Å². The molecule has 1 N–H and O–H groups in total. The Morgan fingerprint density at radius 1 is 1.56 bits per heavy atom. The Bertz CT molecular complexity index is 363. The molecule has 1 aliphatic rings. The molecular formula is C8H10N2O5S. The lowest BCUT2D eigenvalue weighted by Crippen LogP contribution is -2.34. The maximum Gasteiger partial charge on any atom is 0.410 e. The van der Waals surface area contributed by atoms with Crippen molar-refractivity contribution in [2.24, 2.45) is 0 Å². The molecule has 0 aromatic carbocycles. The van der Waals surface area contributed by atoms with Crippen LogP contribution in [-0.2, 0) is 9.59 Å². The standard InChI is InChI=1S/C8H10N2O5S/c1-5(11)9-3-2-4-16-7(9)6(8(12)13)10(14)15/h2-4H2,1H3,(H,12,13)/b7-6+. The Morgan fingerprint density at radius 2 is 2.19 bits per heavy atom. The summed E-state index contributed by atoms with van der Waals surface area (Å²) in [6.07, 6.45) is 0.693. The van der Waals surface area contributed by atoms with Crippen LogP contribution in [0.25, 0.3) is 0 Å². The fraction of sp³-hybridized carbons (Fsp3) is 0.500. The second-order valence-corrected chi connectivity index (χ2v) is 4.17. The summed E-state index contributed by atoms with van der Waals surface area (Å²) in [6.45, 7) is 1.58. The van der Waals surface area contributed by atoms with Gasteiger partial charge >= 0.3 is 11.7 Å². The van der Waals surface area contributed by atoms with E-state index in [4.69, 9.17) is 5.11 Å². The first kappa shape index (κ1) is 12.5. The highest BCUT2D eigenvalue weighted by molar-refractivity contribution is 8.03. The van der Waals surface area contributed by atoms with Crippen LogP contribution in [0.4, 0.5) is 0 Å². The third-order valence-electron chi connectivity index (χ3n) is 1.98. The van der Waals surface area contributed by atoms with Crippen molar-refractivity contribution in [1.29, 1.82) is 0 Å². The Morgan fingerprint density at radius 3 is 2.62 bits per heavy atom. The van der Waals surface area contributed by atoms with Crippen LogP contribution in [0, 0.1) is 10.1 Å². The van der Waals surface area contributed by atoms with E-state index in [0.717, 1.165) is 16.7 Å². The average molecular weight is 246 g/mol. The van der Waals surface area contributed by atoms with Gasteiger partial charge < -0.3 is 10.0 Å². The summed E-state index contributed by atoms with van der Waals surface area (Å²) < 4.78 is 0. The molecule has 88 valence electrons. The monoisotopic (exact) mass is 246 g/mol. The fourth-order valence-electron chi connectivity index (χ4n) is 1.32. The van der Waals surface area contributed by atoms with Gasteiger partial charge in [0.15, 0.2) is 5.03 Å². The topological polar surface area (TPSA) is 101 Å². The molecule has 0 radical (unpaired) electrons. The van der Waals surface area contributed by atoms with E-state index in [2.05, 4.69) is 0 Å². The van der Waals surface area contributed by atoms with Gasteiger partial charge in [0.1, 0.15) is 0 Å². The zero-order valence-electron chi connectivity index (χ0n) is 8.50. The van der Waals surface area contributed by atoms with Gasteiger partial charge in [0, 0.05) is 19.2 Å². The van der Waals surface area contributed by atoms with Gasteiger partial charge in [-0.3, -0.25) is 14.9 Å². The number of hydrogen-bond acceptors (Lipinski definition) is 5. The van der Waals surface area contributed by atoms with Gasteiger partial charge in [-0.2, -0.15) is 0 Å². The first-order valence-corrected chi connectivity index (χ1v) is 5.46. The maximum atomic E-state index is 11.2. The number of hydrogen-bond donors (Lipinski definition) is 1. The van der Waals surface area contributed by atoms with E-state index in [0.29, 0.717) is 18.7 Å². The first-order chi connectivity index (χ1) is 7.45. The van der Waals surface area contributed by atoms with E-state index in [1.165, 1.54) is 6.92 Å². The average Bonchev–Trinajstić information content (AvgIpc) is 2.17. The summed E-state index contributed by atoms with van der Waals surface area (Å²) in [5.41, 5.74) is -0.931. The van der Waals surface area contributed by atoms with Crippen LogP contribution < -0.4 is 0 Å². The van der Waals surface area contributed by atoms with Gasteiger partial charge in [0.2, 0.25) is 5.91 Å². The molecule has 1 amide bonds. The van der Waals surface area contributed by atoms with Gasteiger partial charge in [-0.15, -0.1) is 11.8 Å². The number of thioether (sulfide) groups is 1. The minimum atomic E-state index is -1.62. The molecule has 0 aromatic heterocycles. The number of carbonyl (C=O) groups excluding carboxylic acids is 1. The summed E-state index contributed by atoms with van der Waals surface area (Å²) in [5.74, 6) is -1.44. The Hall–Kier alpha value is -1.57. The number of carboxylic acids is 1. The van der Waals surface area contributed by atoms with E-state index in [1.807, 2.05) is 0 Å². The van der Waals surface area contributed by atoms with Crippen LogP contribution >= 0.6 is 11.8 Å². The van der Waals surface area contributed by atoms with Crippen molar-refractivity contribution in [2.45, 2.75) is 13.3 Å². The lowest BCUT2D eigenvalue weighted by Gasteiger charge is -2.26. The Labute approximate surface area is 95.3 Å². The van der Waals surface area contributed by atoms with Crippen molar-refractivity contribution < 1.29 is 19.6 Å². The molecule has 0 aromatic rings. The maximum absolute atomic E-state index is 11.2. The largest absolute Gasteiger partial charge is 0.473 e. The molecule has 8 heteroatoms. The number of rotatable bonds is 2. The summed E-state index contributed by atoms with van der Waals surface area (Å²) in [7, 11) is 0. The number of nitrogens with zero attached hydrogens (tertiary/aromatic N) is 2. The smallest absolute Gasteiger partial charge is 0.410 e. The highest BCUT2D eigenvalue weighted by Crippen LogP contribution is 2.30. The number of aliphatic carboxylic acids is 1.